The molecule has 5 heteroatoms. The Morgan fingerprint density at radius 1 is 1.10 bits per heavy atom. The van der Waals surface area contributed by atoms with E-state index in [0.717, 1.165) is 14.7 Å². The third-order valence-corrected chi connectivity index (χ3v) is 4.82. The highest BCUT2D eigenvalue weighted by Gasteiger charge is 2.12. The third-order valence-electron chi connectivity index (χ3n) is 2.87. The van der Waals surface area contributed by atoms with Gasteiger partial charge in [-0.25, -0.2) is 4.79 Å². The van der Waals surface area contributed by atoms with E-state index in [-0.39, 0.29) is 0 Å². The standard InChI is InChI=1S/C15H11Cl2IO2/c1-8-3-4-10(5-14(8)18)15(19)20-11-6-12(16)9(2)13(17)7-11/h3-7H,1-2H3. The first-order valence-electron chi connectivity index (χ1n) is 5.82. The van der Waals surface area contributed by atoms with E-state index in [2.05, 4.69) is 22.6 Å². The molecule has 0 amide bonds. The number of carbonyl (C=O) groups is 1. The van der Waals surface area contributed by atoms with Crippen molar-refractivity contribution in [2.24, 2.45) is 0 Å². The summed E-state index contributed by atoms with van der Waals surface area (Å²) in [5.74, 6) is -0.0925. The second kappa shape index (κ2) is 6.33. The summed E-state index contributed by atoms with van der Waals surface area (Å²) in [6, 6.07) is 8.57. The zero-order chi connectivity index (χ0) is 14.9. The van der Waals surface area contributed by atoms with Gasteiger partial charge in [0.05, 0.1) is 5.56 Å². The van der Waals surface area contributed by atoms with Crippen molar-refractivity contribution in [2.75, 3.05) is 0 Å². The van der Waals surface area contributed by atoms with Crippen molar-refractivity contribution in [3.8, 4) is 5.75 Å². The summed E-state index contributed by atoms with van der Waals surface area (Å²) < 4.78 is 6.31. The summed E-state index contributed by atoms with van der Waals surface area (Å²) in [5, 5.41) is 0.942. The van der Waals surface area contributed by atoms with Gasteiger partial charge in [-0.3, -0.25) is 0 Å². The smallest absolute Gasteiger partial charge is 0.343 e. The lowest BCUT2D eigenvalue weighted by molar-refractivity contribution is 0.0734. The molecule has 2 aromatic carbocycles. The van der Waals surface area contributed by atoms with Gasteiger partial charge >= 0.3 is 5.97 Å². The molecule has 20 heavy (non-hydrogen) atoms. The minimum Gasteiger partial charge on any atom is -0.423 e. The molecule has 0 aromatic heterocycles. The van der Waals surface area contributed by atoms with E-state index in [0.29, 0.717) is 21.4 Å². The SMILES string of the molecule is Cc1ccc(C(=O)Oc2cc(Cl)c(C)c(Cl)c2)cc1I. The van der Waals surface area contributed by atoms with Gasteiger partial charge in [-0.15, -0.1) is 0 Å². The average molecular weight is 421 g/mol. The van der Waals surface area contributed by atoms with Crippen LogP contribution in [0, 0.1) is 17.4 Å². The predicted octanol–water partition coefficient (Wildman–Crippen LogP) is 5.43. The van der Waals surface area contributed by atoms with E-state index >= 15 is 0 Å². The fraction of sp³-hybridized carbons (Fsp3) is 0.133. The molecule has 0 atom stereocenters. The Kier molecular flexibility index (Phi) is 4.94. The molecule has 0 heterocycles. The molecule has 0 saturated carbocycles. The first-order chi connectivity index (χ1) is 9.38. The topological polar surface area (TPSA) is 26.3 Å². The fourth-order valence-corrected chi connectivity index (χ4v) is 2.55. The summed E-state index contributed by atoms with van der Waals surface area (Å²) >= 11 is 14.2. The fourth-order valence-electron chi connectivity index (χ4n) is 1.57. The largest absolute Gasteiger partial charge is 0.423 e. The molecule has 104 valence electrons. The summed E-state index contributed by atoms with van der Waals surface area (Å²) in [4.78, 5) is 12.1. The van der Waals surface area contributed by atoms with Crippen molar-refractivity contribution in [3.63, 3.8) is 0 Å². The highest BCUT2D eigenvalue weighted by molar-refractivity contribution is 14.1. The Morgan fingerprint density at radius 3 is 2.25 bits per heavy atom. The summed E-state index contributed by atoms with van der Waals surface area (Å²) in [6.45, 7) is 3.79. The van der Waals surface area contributed by atoms with Crippen molar-refractivity contribution in [1.29, 1.82) is 0 Å². The van der Waals surface area contributed by atoms with Crippen LogP contribution in [0.2, 0.25) is 10.0 Å². The minimum atomic E-state index is -0.432. The number of hydrogen-bond donors (Lipinski definition) is 0. The van der Waals surface area contributed by atoms with E-state index < -0.39 is 5.97 Å². The molecule has 0 aliphatic rings. The maximum atomic E-state index is 12.1. The van der Waals surface area contributed by atoms with Crippen LogP contribution in [0.4, 0.5) is 0 Å². The van der Waals surface area contributed by atoms with Gasteiger partial charge in [-0.2, -0.15) is 0 Å². The second-order valence-electron chi connectivity index (χ2n) is 4.37. The second-order valence-corrected chi connectivity index (χ2v) is 6.34. The molecule has 0 aliphatic carbocycles. The van der Waals surface area contributed by atoms with Crippen molar-refractivity contribution >= 4 is 51.8 Å². The predicted molar refractivity (Wildman–Crippen MR) is 90.1 cm³/mol. The number of hydrogen-bond acceptors (Lipinski definition) is 2. The quantitative estimate of drug-likeness (QED) is 0.367. The zero-order valence-corrected chi connectivity index (χ0v) is 14.5. The van der Waals surface area contributed by atoms with Crippen LogP contribution in [0.1, 0.15) is 21.5 Å². The lowest BCUT2D eigenvalue weighted by Crippen LogP contribution is -2.09. The first-order valence-corrected chi connectivity index (χ1v) is 7.66. The van der Waals surface area contributed by atoms with Crippen molar-refractivity contribution in [2.45, 2.75) is 13.8 Å². The van der Waals surface area contributed by atoms with Crippen LogP contribution in [-0.4, -0.2) is 5.97 Å². The molecule has 0 radical (unpaired) electrons. The molecule has 0 bridgehead atoms. The van der Waals surface area contributed by atoms with Crippen LogP contribution in [0.3, 0.4) is 0 Å². The van der Waals surface area contributed by atoms with Gasteiger partial charge in [0, 0.05) is 13.6 Å². The Labute approximate surface area is 141 Å². The molecule has 0 unspecified atom stereocenters. The van der Waals surface area contributed by atoms with Crippen LogP contribution in [0.5, 0.6) is 5.75 Å². The summed E-state index contributed by atoms with van der Waals surface area (Å²) in [5.41, 5.74) is 2.37. The van der Waals surface area contributed by atoms with Gasteiger partial charge in [-0.05, 0) is 71.8 Å². The number of ether oxygens (including phenoxy) is 1. The van der Waals surface area contributed by atoms with Gasteiger partial charge in [0.2, 0.25) is 0 Å². The van der Waals surface area contributed by atoms with E-state index in [1.54, 1.807) is 31.2 Å². The van der Waals surface area contributed by atoms with Gasteiger partial charge in [-0.1, -0.05) is 29.3 Å². The third kappa shape index (κ3) is 3.45. The number of aryl methyl sites for hydroxylation is 1. The van der Waals surface area contributed by atoms with E-state index in [4.69, 9.17) is 27.9 Å². The first kappa shape index (κ1) is 15.6. The normalized spacial score (nSPS) is 10.4. The van der Waals surface area contributed by atoms with Crippen LogP contribution >= 0.6 is 45.8 Å². The molecule has 2 nitrogen and oxygen atoms in total. The number of esters is 1. The average Bonchev–Trinajstić information content (AvgIpc) is 2.39. The Bertz CT molecular complexity index is 661. The van der Waals surface area contributed by atoms with Crippen LogP contribution < -0.4 is 4.74 Å². The van der Waals surface area contributed by atoms with E-state index in [1.165, 1.54) is 0 Å². The maximum absolute atomic E-state index is 12.1. The summed E-state index contributed by atoms with van der Waals surface area (Å²) in [7, 11) is 0. The zero-order valence-electron chi connectivity index (χ0n) is 10.8. The number of rotatable bonds is 2. The van der Waals surface area contributed by atoms with Gasteiger partial charge < -0.3 is 4.74 Å². The molecule has 0 spiro atoms. The van der Waals surface area contributed by atoms with Gasteiger partial charge in [0.15, 0.2) is 0 Å². The van der Waals surface area contributed by atoms with E-state index in [1.807, 2.05) is 13.0 Å². The van der Waals surface area contributed by atoms with Gasteiger partial charge in [0.1, 0.15) is 5.75 Å². The lowest BCUT2D eigenvalue weighted by atomic mass is 10.1. The number of carbonyl (C=O) groups excluding carboxylic acids is 1. The summed E-state index contributed by atoms with van der Waals surface area (Å²) in [6.07, 6.45) is 0. The molecule has 0 fully saturated rings. The van der Waals surface area contributed by atoms with Crippen LogP contribution in [-0.2, 0) is 0 Å². The van der Waals surface area contributed by atoms with Crippen molar-refractivity contribution in [3.05, 3.63) is 60.6 Å². The molecular weight excluding hydrogens is 410 g/mol. The van der Waals surface area contributed by atoms with Crippen LogP contribution in [0.25, 0.3) is 0 Å². The molecule has 0 N–H and O–H groups in total. The maximum Gasteiger partial charge on any atom is 0.343 e. The highest BCUT2D eigenvalue weighted by atomic mass is 127. The molecule has 0 saturated heterocycles. The van der Waals surface area contributed by atoms with Crippen LogP contribution in [0.15, 0.2) is 30.3 Å². The molecular formula is C15H11Cl2IO2. The Balaban J connectivity index is 2.25. The van der Waals surface area contributed by atoms with Crippen molar-refractivity contribution < 1.29 is 9.53 Å². The molecule has 0 aliphatic heterocycles. The molecule has 2 rings (SSSR count). The van der Waals surface area contributed by atoms with E-state index in [9.17, 15) is 4.79 Å². The number of halogens is 3. The lowest BCUT2D eigenvalue weighted by Gasteiger charge is -2.08. The minimum absolute atomic E-state index is 0.339. The van der Waals surface area contributed by atoms with Gasteiger partial charge in [0.25, 0.3) is 0 Å². The Hall–Kier alpha value is -0.780. The highest BCUT2D eigenvalue weighted by Crippen LogP contribution is 2.29. The Morgan fingerprint density at radius 2 is 1.70 bits per heavy atom. The number of benzene rings is 2. The molecule has 2 aromatic rings. The monoisotopic (exact) mass is 420 g/mol. The van der Waals surface area contributed by atoms with Crippen molar-refractivity contribution in [1.82, 2.24) is 0 Å².